The molecule has 2 aromatic carbocycles. The fraction of sp³-hybridized carbons (Fsp3) is 0.250. The van der Waals surface area contributed by atoms with Crippen LogP contribution in [-0.4, -0.2) is 17.3 Å². The fourth-order valence-corrected chi connectivity index (χ4v) is 2.11. The molecular weight excluding hydrogens is 297 g/mol. The molecule has 0 fully saturated rings. The van der Waals surface area contributed by atoms with Gasteiger partial charge in [-0.25, -0.2) is 0 Å². The van der Waals surface area contributed by atoms with E-state index in [0.717, 1.165) is 12.1 Å². The molecule has 0 aromatic heterocycles. The molecule has 1 unspecified atom stereocenters. The molecule has 0 saturated heterocycles. The summed E-state index contributed by atoms with van der Waals surface area (Å²) in [6.07, 6.45) is -5.49. The van der Waals surface area contributed by atoms with E-state index in [1.807, 2.05) is 0 Å². The summed E-state index contributed by atoms with van der Waals surface area (Å²) in [5.41, 5.74) is 0.600. The van der Waals surface area contributed by atoms with Crippen molar-refractivity contribution in [2.75, 3.05) is 7.11 Å². The van der Waals surface area contributed by atoms with Gasteiger partial charge in [-0.15, -0.1) is 0 Å². The molecule has 0 amide bonds. The topological polar surface area (TPSA) is 49.7 Å². The van der Waals surface area contributed by atoms with Crippen LogP contribution in [0.4, 0.5) is 13.2 Å². The number of alkyl halides is 3. The van der Waals surface area contributed by atoms with E-state index in [1.54, 1.807) is 18.2 Å². The van der Waals surface area contributed by atoms with Gasteiger partial charge in [-0.2, -0.15) is 13.2 Å². The van der Waals surface area contributed by atoms with Crippen LogP contribution in [-0.2, 0) is 12.8 Å². The summed E-state index contributed by atoms with van der Waals surface area (Å²) in [6.45, 7) is -0.209. The molecule has 118 valence electrons. The molecule has 0 aliphatic carbocycles. The average molecular weight is 312 g/mol. The molecule has 2 rings (SSSR count). The Morgan fingerprint density at radius 1 is 1.05 bits per heavy atom. The van der Waals surface area contributed by atoms with Crippen molar-refractivity contribution >= 4 is 0 Å². The highest BCUT2D eigenvalue weighted by Crippen LogP contribution is 2.32. The van der Waals surface area contributed by atoms with Crippen LogP contribution in [0.5, 0.6) is 5.75 Å². The highest BCUT2D eigenvalue weighted by Gasteiger charge is 2.30. The fourth-order valence-electron chi connectivity index (χ4n) is 2.11. The molecule has 2 N–H and O–H groups in total. The minimum atomic E-state index is -4.41. The first-order chi connectivity index (χ1) is 10.4. The molecule has 6 heteroatoms. The lowest BCUT2D eigenvalue weighted by atomic mass is 9.99. The summed E-state index contributed by atoms with van der Waals surface area (Å²) in [4.78, 5) is 0. The first kappa shape index (κ1) is 16.3. The molecule has 0 aliphatic heterocycles. The van der Waals surface area contributed by atoms with E-state index in [1.165, 1.54) is 19.2 Å². The number of aliphatic hydroxyl groups is 2. The summed E-state index contributed by atoms with van der Waals surface area (Å²) >= 11 is 0. The van der Waals surface area contributed by atoms with Gasteiger partial charge in [0.2, 0.25) is 0 Å². The molecule has 0 heterocycles. The third-order valence-electron chi connectivity index (χ3n) is 3.35. The third-order valence-corrected chi connectivity index (χ3v) is 3.35. The minimum absolute atomic E-state index is 0.209. The average Bonchev–Trinajstić information content (AvgIpc) is 2.52. The van der Waals surface area contributed by atoms with Crippen molar-refractivity contribution < 1.29 is 28.1 Å². The van der Waals surface area contributed by atoms with Crippen molar-refractivity contribution in [3.05, 3.63) is 64.7 Å². The van der Waals surface area contributed by atoms with Gasteiger partial charge in [-0.05, 0) is 29.3 Å². The van der Waals surface area contributed by atoms with Gasteiger partial charge < -0.3 is 14.9 Å². The zero-order chi connectivity index (χ0) is 16.3. The van der Waals surface area contributed by atoms with E-state index >= 15 is 0 Å². The molecule has 0 saturated carbocycles. The first-order valence-electron chi connectivity index (χ1n) is 6.49. The van der Waals surface area contributed by atoms with E-state index in [-0.39, 0.29) is 6.61 Å². The highest BCUT2D eigenvalue weighted by atomic mass is 19.4. The standard InChI is InChI=1S/C16H15F3O3/c1-22-14-8-11(2-3-12(14)9-20)15(21)10-4-6-13(7-5-10)16(17,18)19/h2-8,15,20-21H,9H2,1H3. The third kappa shape index (κ3) is 3.40. The van der Waals surface area contributed by atoms with Crippen LogP contribution in [0.2, 0.25) is 0 Å². The second kappa shape index (κ2) is 6.37. The first-order valence-corrected chi connectivity index (χ1v) is 6.49. The normalized spacial score (nSPS) is 13.0. The Hall–Kier alpha value is -2.05. The molecule has 1 atom stereocenters. The van der Waals surface area contributed by atoms with E-state index in [2.05, 4.69) is 0 Å². The van der Waals surface area contributed by atoms with Gasteiger partial charge in [0.15, 0.2) is 0 Å². The Kier molecular flexibility index (Phi) is 4.73. The predicted molar refractivity (Wildman–Crippen MR) is 74.4 cm³/mol. The van der Waals surface area contributed by atoms with Gasteiger partial charge in [0, 0.05) is 5.56 Å². The second-order valence-corrected chi connectivity index (χ2v) is 4.75. The van der Waals surface area contributed by atoms with Crippen LogP contribution < -0.4 is 4.74 Å². The number of hydrogen-bond acceptors (Lipinski definition) is 3. The largest absolute Gasteiger partial charge is 0.496 e. The van der Waals surface area contributed by atoms with Crippen LogP contribution in [0.3, 0.4) is 0 Å². The van der Waals surface area contributed by atoms with Gasteiger partial charge in [0.05, 0.1) is 19.3 Å². The van der Waals surface area contributed by atoms with E-state index < -0.39 is 17.8 Å². The molecule has 3 nitrogen and oxygen atoms in total. The number of ether oxygens (including phenoxy) is 1. The van der Waals surface area contributed by atoms with E-state index in [0.29, 0.717) is 22.4 Å². The number of benzene rings is 2. The van der Waals surface area contributed by atoms with Crippen molar-refractivity contribution in [2.24, 2.45) is 0 Å². The maximum absolute atomic E-state index is 12.5. The van der Waals surface area contributed by atoms with Gasteiger partial charge in [-0.1, -0.05) is 24.3 Å². The van der Waals surface area contributed by atoms with Crippen molar-refractivity contribution in [1.29, 1.82) is 0 Å². The maximum atomic E-state index is 12.5. The number of methoxy groups -OCH3 is 1. The zero-order valence-corrected chi connectivity index (χ0v) is 11.8. The quantitative estimate of drug-likeness (QED) is 0.911. The molecule has 2 aromatic rings. The van der Waals surface area contributed by atoms with Crippen LogP contribution in [0.15, 0.2) is 42.5 Å². The summed E-state index contributed by atoms with van der Waals surface area (Å²) in [5, 5.41) is 19.4. The SMILES string of the molecule is COc1cc(C(O)c2ccc(C(F)(F)F)cc2)ccc1CO. The van der Waals surface area contributed by atoms with Gasteiger partial charge >= 0.3 is 6.18 Å². The monoisotopic (exact) mass is 312 g/mol. The van der Waals surface area contributed by atoms with Gasteiger partial charge in [-0.3, -0.25) is 0 Å². The Morgan fingerprint density at radius 3 is 2.14 bits per heavy atom. The van der Waals surface area contributed by atoms with Crippen molar-refractivity contribution in [3.8, 4) is 5.75 Å². The number of hydrogen-bond donors (Lipinski definition) is 2. The smallest absolute Gasteiger partial charge is 0.416 e. The minimum Gasteiger partial charge on any atom is -0.496 e. The zero-order valence-electron chi connectivity index (χ0n) is 11.8. The predicted octanol–water partition coefficient (Wildman–Crippen LogP) is 3.29. The summed E-state index contributed by atoms with van der Waals surface area (Å²) in [6, 6.07) is 9.07. The number of rotatable bonds is 4. The lowest BCUT2D eigenvalue weighted by Crippen LogP contribution is -2.06. The van der Waals surface area contributed by atoms with Crippen LogP contribution in [0.1, 0.15) is 28.4 Å². The van der Waals surface area contributed by atoms with Crippen LogP contribution >= 0.6 is 0 Å². The lowest BCUT2D eigenvalue weighted by molar-refractivity contribution is -0.137. The second-order valence-electron chi connectivity index (χ2n) is 4.75. The number of halogens is 3. The van der Waals surface area contributed by atoms with E-state index in [4.69, 9.17) is 9.84 Å². The van der Waals surface area contributed by atoms with Gasteiger partial charge in [0.25, 0.3) is 0 Å². The molecule has 0 radical (unpaired) electrons. The molecule has 0 spiro atoms. The lowest BCUT2D eigenvalue weighted by Gasteiger charge is -2.15. The Balaban J connectivity index is 2.30. The van der Waals surface area contributed by atoms with Crippen molar-refractivity contribution in [1.82, 2.24) is 0 Å². The molecular formula is C16H15F3O3. The van der Waals surface area contributed by atoms with E-state index in [9.17, 15) is 18.3 Å². The van der Waals surface area contributed by atoms with Crippen LogP contribution in [0, 0.1) is 0 Å². The summed E-state index contributed by atoms with van der Waals surface area (Å²) < 4.78 is 42.7. The summed E-state index contributed by atoms with van der Waals surface area (Å²) in [7, 11) is 1.43. The molecule has 0 aliphatic rings. The maximum Gasteiger partial charge on any atom is 0.416 e. The van der Waals surface area contributed by atoms with Gasteiger partial charge in [0.1, 0.15) is 11.9 Å². The Labute approximate surface area is 125 Å². The van der Waals surface area contributed by atoms with Crippen LogP contribution in [0.25, 0.3) is 0 Å². The Morgan fingerprint density at radius 2 is 1.64 bits per heavy atom. The number of aliphatic hydroxyl groups excluding tert-OH is 2. The van der Waals surface area contributed by atoms with Crippen molar-refractivity contribution in [3.63, 3.8) is 0 Å². The Bertz CT molecular complexity index is 636. The molecule has 0 bridgehead atoms. The summed E-state index contributed by atoms with van der Waals surface area (Å²) in [5.74, 6) is 0.408. The highest BCUT2D eigenvalue weighted by molar-refractivity contribution is 5.41. The van der Waals surface area contributed by atoms with Crippen molar-refractivity contribution in [2.45, 2.75) is 18.9 Å². The molecule has 22 heavy (non-hydrogen) atoms.